The Balaban J connectivity index is 1.38. The van der Waals surface area contributed by atoms with E-state index in [-0.39, 0.29) is 11.8 Å². The number of carbonyl (C=O) groups is 2. The van der Waals surface area contributed by atoms with Crippen molar-refractivity contribution in [1.82, 2.24) is 4.98 Å². The van der Waals surface area contributed by atoms with Gasteiger partial charge in [-0.3, -0.25) is 14.9 Å². The molecule has 1 saturated heterocycles. The van der Waals surface area contributed by atoms with Crippen LogP contribution in [0, 0.1) is 0 Å². The summed E-state index contributed by atoms with van der Waals surface area (Å²) in [6.45, 7) is 0.765. The van der Waals surface area contributed by atoms with Crippen molar-refractivity contribution >= 4 is 40.0 Å². The smallest absolute Gasteiger partial charge is 0.250 e. The summed E-state index contributed by atoms with van der Waals surface area (Å²) in [7, 11) is 1.62. The maximum absolute atomic E-state index is 12.3. The second-order valence-electron chi connectivity index (χ2n) is 6.80. The molecule has 1 aliphatic heterocycles. The number of anilines is 2. The van der Waals surface area contributed by atoms with Crippen molar-refractivity contribution in [3.8, 4) is 17.0 Å². The molecule has 3 aromatic rings. The molecule has 1 aromatic heterocycles. The Morgan fingerprint density at radius 1 is 1.20 bits per heavy atom. The van der Waals surface area contributed by atoms with E-state index in [0.29, 0.717) is 11.6 Å². The van der Waals surface area contributed by atoms with Crippen LogP contribution >= 0.6 is 11.3 Å². The molecule has 7 heteroatoms. The molecule has 0 unspecified atom stereocenters. The molecule has 2 aromatic carbocycles. The predicted molar refractivity (Wildman–Crippen MR) is 120 cm³/mol. The minimum atomic E-state index is -0.255. The molecule has 6 nitrogen and oxygen atoms in total. The molecule has 152 valence electrons. The van der Waals surface area contributed by atoms with Crippen molar-refractivity contribution in [2.45, 2.75) is 12.8 Å². The van der Waals surface area contributed by atoms with E-state index in [2.05, 4.69) is 10.3 Å². The van der Waals surface area contributed by atoms with Gasteiger partial charge in [-0.25, -0.2) is 4.98 Å². The lowest BCUT2D eigenvalue weighted by Gasteiger charge is -2.15. The van der Waals surface area contributed by atoms with Crippen LogP contribution in [0.3, 0.4) is 0 Å². The molecular formula is C23H21N3O3S. The summed E-state index contributed by atoms with van der Waals surface area (Å²) in [4.78, 5) is 30.4. The van der Waals surface area contributed by atoms with Gasteiger partial charge < -0.3 is 9.64 Å². The molecule has 1 aliphatic rings. The highest BCUT2D eigenvalue weighted by Gasteiger charge is 2.21. The van der Waals surface area contributed by atoms with Crippen molar-refractivity contribution in [3.63, 3.8) is 0 Å². The van der Waals surface area contributed by atoms with Crippen LogP contribution < -0.4 is 15.0 Å². The van der Waals surface area contributed by atoms with Crippen LogP contribution in [-0.2, 0) is 9.59 Å². The fraction of sp³-hybridized carbons (Fsp3) is 0.174. The Morgan fingerprint density at radius 2 is 2.00 bits per heavy atom. The number of hydrogen-bond donors (Lipinski definition) is 1. The zero-order chi connectivity index (χ0) is 20.9. The van der Waals surface area contributed by atoms with Crippen LogP contribution in [0.1, 0.15) is 18.4 Å². The Hall–Kier alpha value is -3.45. The number of hydrogen-bond acceptors (Lipinski definition) is 5. The normalized spacial score (nSPS) is 13.8. The highest BCUT2D eigenvalue weighted by Crippen LogP contribution is 2.31. The van der Waals surface area contributed by atoms with Gasteiger partial charge in [0.05, 0.1) is 12.8 Å². The molecule has 0 aliphatic carbocycles. The first-order chi connectivity index (χ1) is 14.6. The number of nitrogens with zero attached hydrogens (tertiary/aromatic N) is 2. The lowest BCUT2D eigenvalue weighted by Crippen LogP contribution is -2.23. The Kier molecular flexibility index (Phi) is 5.90. The van der Waals surface area contributed by atoms with E-state index in [1.54, 1.807) is 18.1 Å². The molecule has 4 rings (SSSR count). The summed E-state index contributed by atoms with van der Waals surface area (Å²) in [5.41, 5.74) is 3.41. The van der Waals surface area contributed by atoms with Gasteiger partial charge in [0.25, 0.3) is 0 Å². The zero-order valence-electron chi connectivity index (χ0n) is 16.5. The minimum absolute atomic E-state index is 0.161. The first kappa shape index (κ1) is 19.8. The van der Waals surface area contributed by atoms with Gasteiger partial charge in [0, 0.05) is 35.7 Å². The topological polar surface area (TPSA) is 71.5 Å². The summed E-state index contributed by atoms with van der Waals surface area (Å²) in [6.07, 6.45) is 4.72. The van der Waals surface area contributed by atoms with E-state index in [9.17, 15) is 9.59 Å². The van der Waals surface area contributed by atoms with Crippen LogP contribution in [0.2, 0.25) is 0 Å². The first-order valence-electron chi connectivity index (χ1n) is 9.62. The summed E-state index contributed by atoms with van der Waals surface area (Å²) in [5.74, 6) is 0.642. The number of thiazole rings is 1. The zero-order valence-corrected chi connectivity index (χ0v) is 17.3. The van der Waals surface area contributed by atoms with Crippen molar-refractivity contribution in [2.75, 3.05) is 23.9 Å². The third-order valence-corrected chi connectivity index (χ3v) is 5.58. The molecule has 1 N–H and O–H groups in total. The molecule has 1 fully saturated rings. The summed E-state index contributed by atoms with van der Waals surface area (Å²) in [6, 6.07) is 15.2. The van der Waals surface area contributed by atoms with Gasteiger partial charge in [-0.2, -0.15) is 0 Å². The summed E-state index contributed by atoms with van der Waals surface area (Å²) >= 11 is 1.36. The molecule has 2 amide bonds. The lowest BCUT2D eigenvalue weighted by atomic mass is 10.1. The monoisotopic (exact) mass is 419 g/mol. The fourth-order valence-electron chi connectivity index (χ4n) is 3.32. The quantitative estimate of drug-likeness (QED) is 0.593. The average molecular weight is 420 g/mol. The van der Waals surface area contributed by atoms with Crippen LogP contribution in [0.4, 0.5) is 10.8 Å². The number of nitrogens with one attached hydrogen (secondary N) is 1. The third kappa shape index (κ3) is 4.41. The number of aromatic nitrogens is 1. The van der Waals surface area contributed by atoms with E-state index >= 15 is 0 Å². The fourth-order valence-corrected chi connectivity index (χ4v) is 4.03. The number of carbonyl (C=O) groups excluding carboxylic acids is 2. The summed E-state index contributed by atoms with van der Waals surface area (Å²) < 4.78 is 5.37. The number of benzene rings is 2. The molecule has 0 saturated carbocycles. The average Bonchev–Trinajstić information content (AvgIpc) is 3.41. The van der Waals surface area contributed by atoms with Gasteiger partial charge in [-0.05, 0) is 42.3 Å². The van der Waals surface area contributed by atoms with E-state index in [1.807, 2.05) is 53.9 Å². The van der Waals surface area contributed by atoms with Crippen molar-refractivity contribution in [1.29, 1.82) is 0 Å². The van der Waals surface area contributed by atoms with E-state index in [0.717, 1.165) is 41.2 Å². The third-order valence-electron chi connectivity index (χ3n) is 4.82. The molecule has 0 bridgehead atoms. The number of para-hydroxylation sites is 1. The number of methoxy groups -OCH3 is 1. The number of rotatable bonds is 6. The molecule has 0 radical (unpaired) electrons. The summed E-state index contributed by atoms with van der Waals surface area (Å²) in [5, 5.41) is 5.20. The van der Waals surface area contributed by atoms with Crippen LogP contribution in [0.5, 0.6) is 5.75 Å². The molecule has 0 spiro atoms. The maximum Gasteiger partial charge on any atom is 0.250 e. The highest BCUT2D eigenvalue weighted by molar-refractivity contribution is 7.14. The first-order valence-corrected chi connectivity index (χ1v) is 10.5. The van der Waals surface area contributed by atoms with Gasteiger partial charge in [-0.15, -0.1) is 11.3 Å². The molecule has 30 heavy (non-hydrogen) atoms. The maximum atomic E-state index is 12.3. The van der Waals surface area contributed by atoms with Gasteiger partial charge in [0.1, 0.15) is 5.75 Å². The SMILES string of the molecule is COc1ccccc1-c1csc(NC(=O)/C=C/c2ccc(N3CCCC3=O)cc2)n1. The Labute approximate surface area is 178 Å². The van der Waals surface area contributed by atoms with Crippen molar-refractivity contribution < 1.29 is 14.3 Å². The van der Waals surface area contributed by atoms with Crippen LogP contribution in [-0.4, -0.2) is 30.5 Å². The van der Waals surface area contributed by atoms with E-state index < -0.39 is 0 Å². The van der Waals surface area contributed by atoms with Gasteiger partial charge in [0.15, 0.2) is 5.13 Å². The van der Waals surface area contributed by atoms with Crippen LogP contribution in [0.25, 0.3) is 17.3 Å². The van der Waals surface area contributed by atoms with E-state index in [4.69, 9.17) is 4.74 Å². The van der Waals surface area contributed by atoms with Crippen LogP contribution in [0.15, 0.2) is 60.0 Å². The molecule has 2 heterocycles. The highest BCUT2D eigenvalue weighted by atomic mass is 32.1. The molecule has 0 atom stereocenters. The standard InChI is InChI=1S/C23H21N3O3S/c1-29-20-6-3-2-5-18(20)19-15-30-23(24-19)25-21(27)13-10-16-8-11-17(12-9-16)26-14-4-7-22(26)28/h2-3,5-6,8-13,15H,4,7,14H2,1H3,(H,24,25,27)/b13-10+. The second kappa shape index (κ2) is 8.92. The minimum Gasteiger partial charge on any atom is -0.496 e. The van der Waals surface area contributed by atoms with Gasteiger partial charge in [0.2, 0.25) is 11.8 Å². The lowest BCUT2D eigenvalue weighted by molar-refractivity contribution is -0.117. The van der Waals surface area contributed by atoms with Crippen molar-refractivity contribution in [3.05, 3.63) is 65.6 Å². The Morgan fingerprint density at radius 3 is 2.73 bits per heavy atom. The van der Waals surface area contributed by atoms with Gasteiger partial charge in [-0.1, -0.05) is 24.3 Å². The largest absolute Gasteiger partial charge is 0.496 e. The molecular weight excluding hydrogens is 398 g/mol. The number of ether oxygens (including phenoxy) is 1. The van der Waals surface area contributed by atoms with Gasteiger partial charge >= 0.3 is 0 Å². The van der Waals surface area contributed by atoms with E-state index in [1.165, 1.54) is 17.4 Å². The Bertz CT molecular complexity index is 1090. The second-order valence-corrected chi connectivity index (χ2v) is 7.66. The van der Waals surface area contributed by atoms with Crippen molar-refractivity contribution in [2.24, 2.45) is 0 Å². The number of amides is 2. The predicted octanol–water partition coefficient (Wildman–Crippen LogP) is 4.60.